The number of rotatable bonds is 5. The molecule has 1 aliphatic rings. The largest absolute Gasteiger partial charge is 0.509 e. The van der Waals surface area contributed by atoms with Crippen LogP contribution in [0.3, 0.4) is 0 Å². The van der Waals surface area contributed by atoms with Crippen molar-refractivity contribution in [2.75, 3.05) is 6.54 Å². The van der Waals surface area contributed by atoms with Crippen molar-refractivity contribution in [2.24, 2.45) is 0 Å². The van der Waals surface area contributed by atoms with Gasteiger partial charge in [0.2, 0.25) is 0 Å². The minimum absolute atomic E-state index is 0.0183. The van der Waals surface area contributed by atoms with Gasteiger partial charge in [-0.1, -0.05) is 29.4 Å². The molecule has 1 aromatic carbocycles. The Labute approximate surface area is 210 Å². The van der Waals surface area contributed by atoms with Gasteiger partial charge in [0, 0.05) is 12.5 Å². The zero-order chi connectivity index (χ0) is 26.7. The van der Waals surface area contributed by atoms with E-state index in [1.165, 1.54) is 11.8 Å². The highest BCUT2D eigenvalue weighted by Gasteiger charge is 2.49. The molecule has 3 rings (SSSR count). The van der Waals surface area contributed by atoms with Gasteiger partial charge >= 0.3 is 18.2 Å². The van der Waals surface area contributed by atoms with Crippen molar-refractivity contribution < 1.29 is 37.9 Å². The first-order valence-corrected chi connectivity index (χ1v) is 11.8. The van der Waals surface area contributed by atoms with Crippen molar-refractivity contribution in [3.8, 4) is 11.1 Å². The Balaban J connectivity index is 1.89. The summed E-state index contributed by atoms with van der Waals surface area (Å²) < 4.78 is 26.9. The molecule has 1 aliphatic heterocycles. The van der Waals surface area contributed by atoms with E-state index in [1.807, 2.05) is 24.3 Å². The third-order valence-electron chi connectivity index (χ3n) is 5.25. The zero-order valence-corrected chi connectivity index (χ0v) is 21.8. The molecule has 0 radical (unpaired) electrons. The summed E-state index contributed by atoms with van der Waals surface area (Å²) in [6.45, 7) is 11.7. The van der Waals surface area contributed by atoms with E-state index in [0.29, 0.717) is 6.42 Å². The maximum atomic E-state index is 13.1. The number of likely N-dealkylation sites (tertiary alicyclic amines) is 1. The van der Waals surface area contributed by atoms with Gasteiger partial charge in [-0.25, -0.2) is 9.59 Å². The summed E-state index contributed by atoms with van der Waals surface area (Å²) in [6, 6.07) is 6.98. The lowest BCUT2D eigenvalue weighted by Gasteiger charge is -2.30. The molecule has 10 nitrogen and oxygen atoms in total. The van der Waals surface area contributed by atoms with E-state index >= 15 is 0 Å². The molecule has 0 bridgehead atoms. The Hall–Kier alpha value is -3.56. The first kappa shape index (κ1) is 27.0. The number of nitrogens with zero attached hydrogens (tertiary/aromatic N) is 2. The molecule has 0 aliphatic carbocycles. The predicted octanol–water partition coefficient (Wildman–Crippen LogP) is 4.76. The second kappa shape index (κ2) is 10.6. The average molecular weight is 503 g/mol. The van der Waals surface area contributed by atoms with Crippen LogP contribution in [0.4, 0.5) is 9.59 Å². The number of hydrogen-bond acceptors (Lipinski definition) is 9. The minimum Gasteiger partial charge on any atom is -0.456 e. The Morgan fingerprint density at radius 3 is 2.14 bits per heavy atom. The Morgan fingerprint density at radius 2 is 1.61 bits per heavy atom. The molecule has 1 amide bonds. The summed E-state index contributed by atoms with van der Waals surface area (Å²) in [4.78, 5) is 39.0. The van der Waals surface area contributed by atoms with Gasteiger partial charge in [0.1, 0.15) is 17.5 Å². The van der Waals surface area contributed by atoms with Crippen molar-refractivity contribution >= 4 is 18.2 Å². The smallest absolute Gasteiger partial charge is 0.456 e. The highest BCUT2D eigenvalue weighted by molar-refractivity contribution is 5.71. The standard InChI is InChI=1S/C26H34N2O8/c1-16(29)33-22-20(12-17-8-10-18(11-9-17)19-13-27-32-15-19)28(23(30)35-25(2,3)4)14-21(22)34-24(31)36-26(5,6)7/h8-11,13,15,20-22H,12,14H2,1-7H3/t20-,21+,22+/m1/s1. The van der Waals surface area contributed by atoms with E-state index in [9.17, 15) is 14.4 Å². The summed E-state index contributed by atoms with van der Waals surface area (Å²) in [7, 11) is 0. The number of carbonyl (C=O) groups is 3. The molecule has 196 valence electrons. The van der Waals surface area contributed by atoms with Gasteiger partial charge in [-0.05, 0) is 59.1 Å². The van der Waals surface area contributed by atoms with Crippen LogP contribution in [-0.4, -0.2) is 64.3 Å². The Kier molecular flexibility index (Phi) is 7.96. The number of amides is 1. The van der Waals surface area contributed by atoms with Gasteiger partial charge in [0.25, 0.3) is 0 Å². The van der Waals surface area contributed by atoms with E-state index < -0.39 is 47.7 Å². The van der Waals surface area contributed by atoms with Crippen molar-refractivity contribution in [3.05, 3.63) is 42.3 Å². The molecular formula is C26H34N2O8. The first-order valence-electron chi connectivity index (χ1n) is 11.8. The average Bonchev–Trinajstić information content (AvgIpc) is 3.36. The van der Waals surface area contributed by atoms with Gasteiger partial charge in [0.15, 0.2) is 12.2 Å². The quantitative estimate of drug-likeness (QED) is 0.421. The van der Waals surface area contributed by atoms with E-state index in [1.54, 1.807) is 54.0 Å². The van der Waals surface area contributed by atoms with Gasteiger partial charge in [-0.3, -0.25) is 9.69 Å². The number of benzene rings is 1. The third-order valence-corrected chi connectivity index (χ3v) is 5.25. The van der Waals surface area contributed by atoms with Crippen LogP contribution in [0.25, 0.3) is 11.1 Å². The van der Waals surface area contributed by atoms with Crippen molar-refractivity contribution in [1.29, 1.82) is 0 Å². The minimum atomic E-state index is -0.933. The van der Waals surface area contributed by atoms with Crippen LogP contribution >= 0.6 is 0 Å². The normalized spacial score (nSPS) is 20.1. The summed E-state index contributed by atoms with van der Waals surface area (Å²) in [5, 5.41) is 3.72. The highest BCUT2D eigenvalue weighted by Crippen LogP contribution is 2.30. The molecule has 0 saturated carbocycles. The summed E-state index contributed by atoms with van der Waals surface area (Å²) in [5.41, 5.74) is 1.11. The second-order valence-electron chi connectivity index (χ2n) is 10.7. The topological polar surface area (TPSA) is 117 Å². The zero-order valence-electron chi connectivity index (χ0n) is 21.8. The Bertz CT molecular complexity index is 1050. The van der Waals surface area contributed by atoms with Crippen molar-refractivity contribution in [1.82, 2.24) is 10.1 Å². The van der Waals surface area contributed by atoms with E-state index in [2.05, 4.69) is 5.16 Å². The van der Waals surface area contributed by atoms with Crippen molar-refractivity contribution in [2.45, 2.75) is 84.3 Å². The predicted molar refractivity (Wildman–Crippen MR) is 129 cm³/mol. The fourth-order valence-corrected chi connectivity index (χ4v) is 3.89. The fraction of sp³-hybridized carbons (Fsp3) is 0.538. The molecule has 2 heterocycles. The molecule has 0 N–H and O–H groups in total. The lowest BCUT2D eigenvalue weighted by molar-refractivity contribution is -0.153. The number of esters is 1. The van der Waals surface area contributed by atoms with Crippen LogP contribution in [0, 0.1) is 0 Å². The van der Waals surface area contributed by atoms with Gasteiger partial charge in [-0.2, -0.15) is 0 Å². The molecule has 0 unspecified atom stereocenters. The van der Waals surface area contributed by atoms with Crippen LogP contribution in [0.2, 0.25) is 0 Å². The summed E-state index contributed by atoms with van der Waals surface area (Å²) in [5.74, 6) is -0.559. The van der Waals surface area contributed by atoms with E-state index in [0.717, 1.165) is 16.7 Å². The molecule has 2 aromatic rings. The molecular weight excluding hydrogens is 468 g/mol. The lowest BCUT2D eigenvalue weighted by Crippen LogP contribution is -2.45. The summed E-state index contributed by atoms with van der Waals surface area (Å²) in [6.07, 6.45) is 0.137. The maximum Gasteiger partial charge on any atom is 0.509 e. The molecule has 3 atom stereocenters. The van der Waals surface area contributed by atoms with Crippen LogP contribution in [0.1, 0.15) is 54.0 Å². The van der Waals surface area contributed by atoms with Crippen LogP contribution in [-0.2, 0) is 30.2 Å². The first-order chi connectivity index (χ1) is 16.7. The van der Waals surface area contributed by atoms with Crippen LogP contribution < -0.4 is 0 Å². The Morgan fingerprint density at radius 1 is 0.972 bits per heavy atom. The maximum absolute atomic E-state index is 13.1. The van der Waals surface area contributed by atoms with Gasteiger partial charge < -0.3 is 23.5 Å². The number of hydrogen-bond donors (Lipinski definition) is 0. The number of ether oxygens (including phenoxy) is 4. The number of aromatic nitrogens is 1. The SMILES string of the molecule is CC(=O)O[C@@H]1[C@@H](OC(=O)OC(C)(C)C)CN(C(=O)OC(C)(C)C)[C@@H]1Cc1ccc(-c2cnoc2)cc1. The monoisotopic (exact) mass is 502 g/mol. The second-order valence-corrected chi connectivity index (χ2v) is 10.7. The number of carbonyl (C=O) groups excluding carboxylic acids is 3. The van der Waals surface area contributed by atoms with Crippen LogP contribution in [0.5, 0.6) is 0 Å². The molecule has 1 fully saturated rings. The van der Waals surface area contributed by atoms with E-state index in [-0.39, 0.29) is 6.54 Å². The van der Waals surface area contributed by atoms with E-state index in [4.69, 9.17) is 23.5 Å². The molecule has 1 saturated heterocycles. The summed E-state index contributed by atoms with van der Waals surface area (Å²) >= 11 is 0. The molecule has 36 heavy (non-hydrogen) atoms. The third kappa shape index (κ3) is 7.47. The molecule has 1 aromatic heterocycles. The van der Waals surface area contributed by atoms with Crippen molar-refractivity contribution in [3.63, 3.8) is 0 Å². The van der Waals surface area contributed by atoms with Crippen LogP contribution in [0.15, 0.2) is 41.2 Å². The van der Waals surface area contributed by atoms with Gasteiger partial charge in [0.05, 0.1) is 18.8 Å². The molecule has 10 heteroatoms. The highest BCUT2D eigenvalue weighted by atomic mass is 16.7. The molecule has 0 spiro atoms. The van der Waals surface area contributed by atoms with Gasteiger partial charge in [-0.15, -0.1) is 0 Å². The fourth-order valence-electron chi connectivity index (χ4n) is 3.89. The lowest BCUT2D eigenvalue weighted by atomic mass is 9.99.